The number of hydrogen-bond acceptors (Lipinski definition) is 3. The molecule has 0 spiro atoms. The first-order chi connectivity index (χ1) is 8.15. The topological polar surface area (TPSA) is 29.5 Å². The van der Waals surface area contributed by atoms with E-state index in [-0.39, 0.29) is 0 Å². The number of aliphatic hydroxyl groups is 1. The van der Waals surface area contributed by atoms with Crippen LogP contribution in [0, 0.1) is 0 Å². The lowest BCUT2D eigenvalue weighted by Gasteiger charge is -2.07. The number of hydrogen-bond donors (Lipinski definition) is 1. The Morgan fingerprint density at radius 3 is 2.47 bits per heavy atom. The van der Waals surface area contributed by atoms with Crippen molar-refractivity contribution in [3.8, 4) is 5.75 Å². The summed E-state index contributed by atoms with van der Waals surface area (Å²) in [4.78, 5) is 1.09. The average molecular weight is 269 g/mol. The summed E-state index contributed by atoms with van der Waals surface area (Å²) in [5.41, 5.74) is 0.886. The lowest BCUT2D eigenvalue weighted by atomic mass is 10.1. The maximum atomic E-state index is 9.37. The van der Waals surface area contributed by atoms with E-state index < -0.39 is 6.10 Å². The van der Waals surface area contributed by atoms with Gasteiger partial charge >= 0.3 is 0 Å². The van der Waals surface area contributed by atoms with Crippen LogP contribution in [0.2, 0.25) is 4.34 Å². The van der Waals surface area contributed by atoms with Gasteiger partial charge in [-0.1, -0.05) is 23.7 Å². The van der Waals surface area contributed by atoms with E-state index in [1.807, 2.05) is 36.4 Å². The Hall–Kier alpha value is -1.03. The van der Waals surface area contributed by atoms with E-state index in [2.05, 4.69) is 0 Å². The molecular formula is C13H13ClO2S. The van der Waals surface area contributed by atoms with Gasteiger partial charge in [0.15, 0.2) is 0 Å². The number of rotatable bonds is 4. The average Bonchev–Trinajstić information content (AvgIpc) is 2.73. The fourth-order valence-corrected chi connectivity index (χ4v) is 2.43. The zero-order chi connectivity index (χ0) is 12.3. The summed E-state index contributed by atoms with van der Waals surface area (Å²) in [6, 6.07) is 11.3. The molecule has 0 radical (unpaired) electrons. The van der Waals surface area contributed by atoms with Crippen LogP contribution in [-0.2, 0) is 6.61 Å². The highest BCUT2D eigenvalue weighted by Crippen LogP contribution is 2.23. The fourth-order valence-electron chi connectivity index (χ4n) is 1.43. The Kier molecular flexibility index (Phi) is 4.05. The van der Waals surface area contributed by atoms with Gasteiger partial charge in [-0.25, -0.2) is 0 Å². The van der Waals surface area contributed by atoms with Crippen molar-refractivity contribution in [1.82, 2.24) is 0 Å². The summed E-state index contributed by atoms with van der Waals surface area (Å²) in [5, 5.41) is 9.37. The van der Waals surface area contributed by atoms with Crippen LogP contribution in [0.15, 0.2) is 36.4 Å². The van der Waals surface area contributed by atoms with Crippen molar-refractivity contribution in [2.75, 3.05) is 0 Å². The second-order valence-corrected chi connectivity index (χ2v) is 5.54. The molecule has 1 aromatic carbocycles. The minimum atomic E-state index is -0.444. The molecule has 0 fully saturated rings. The van der Waals surface area contributed by atoms with Crippen molar-refractivity contribution in [1.29, 1.82) is 0 Å². The second kappa shape index (κ2) is 5.54. The van der Waals surface area contributed by atoms with E-state index >= 15 is 0 Å². The minimum absolute atomic E-state index is 0.444. The monoisotopic (exact) mass is 268 g/mol. The van der Waals surface area contributed by atoms with E-state index in [9.17, 15) is 5.11 Å². The molecule has 0 unspecified atom stereocenters. The number of aliphatic hydroxyl groups excluding tert-OH is 1. The third-order valence-corrected chi connectivity index (χ3v) is 3.58. The Morgan fingerprint density at radius 1 is 1.24 bits per heavy atom. The summed E-state index contributed by atoms with van der Waals surface area (Å²) >= 11 is 7.35. The summed E-state index contributed by atoms with van der Waals surface area (Å²) < 4.78 is 6.38. The van der Waals surface area contributed by atoms with Gasteiger partial charge in [-0.3, -0.25) is 0 Å². The van der Waals surface area contributed by atoms with Crippen molar-refractivity contribution in [3.63, 3.8) is 0 Å². The first-order valence-electron chi connectivity index (χ1n) is 5.30. The molecule has 0 aliphatic rings. The van der Waals surface area contributed by atoms with Gasteiger partial charge in [0.05, 0.1) is 10.4 Å². The van der Waals surface area contributed by atoms with E-state index in [0.29, 0.717) is 6.61 Å². The third-order valence-electron chi connectivity index (χ3n) is 2.37. The molecule has 2 nitrogen and oxygen atoms in total. The molecular weight excluding hydrogens is 256 g/mol. The zero-order valence-corrected chi connectivity index (χ0v) is 11.0. The maximum absolute atomic E-state index is 9.37. The highest BCUT2D eigenvalue weighted by Gasteiger charge is 2.02. The van der Waals surface area contributed by atoms with E-state index in [0.717, 1.165) is 20.5 Å². The van der Waals surface area contributed by atoms with E-state index in [1.165, 1.54) is 11.3 Å². The van der Waals surface area contributed by atoms with E-state index in [1.54, 1.807) is 6.92 Å². The van der Waals surface area contributed by atoms with Gasteiger partial charge in [-0.05, 0) is 36.8 Å². The molecule has 0 amide bonds. The Bertz CT molecular complexity index is 476. The van der Waals surface area contributed by atoms with Gasteiger partial charge in [0.1, 0.15) is 12.4 Å². The maximum Gasteiger partial charge on any atom is 0.122 e. The lowest BCUT2D eigenvalue weighted by Crippen LogP contribution is -1.94. The van der Waals surface area contributed by atoms with Crippen LogP contribution in [0.5, 0.6) is 5.75 Å². The van der Waals surface area contributed by atoms with Gasteiger partial charge < -0.3 is 9.84 Å². The molecule has 4 heteroatoms. The zero-order valence-electron chi connectivity index (χ0n) is 9.39. The molecule has 0 saturated heterocycles. The van der Waals surface area contributed by atoms with E-state index in [4.69, 9.17) is 16.3 Å². The Morgan fingerprint density at radius 2 is 1.94 bits per heavy atom. The third kappa shape index (κ3) is 3.46. The van der Waals surface area contributed by atoms with Gasteiger partial charge in [-0.2, -0.15) is 0 Å². The predicted octanol–water partition coefficient (Wildman–Crippen LogP) is 4.03. The highest BCUT2D eigenvalue weighted by atomic mass is 35.5. The van der Waals surface area contributed by atoms with Crippen LogP contribution < -0.4 is 4.74 Å². The molecule has 1 N–H and O–H groups in total. The quantitative estimate of drug-likeness (QED) is 0.907. The molecule has 0 saturated carbocycles. The van der Waals surface area contributed by atoms with Crippen LogP contribution >= 0.6 is 22.9 Å². The molecule has 0 aliphatic carbocycles. The number of halogens is 1. The molecule has 17 heavy (non-hydrogen) atoms. The standard InChI is InChI=1S/C13H13ClO2S/c1-9(15)10-2-4-11(5-3-10)16-8-12-6-7-13(14)17-12/h2-7,9,15H,8H2,1H3/t9-/m0/s1. The number of ether oxygens (including phenoxy) is 1. The van der Waals surface area contributed by atoms with Crippen molar-refractivity contribution in [3.05, 3.63) is 51.2 Å². The SMILES string of the molecule is C[C@H](O)c1ccc(OCc2ccc(Cl)s2)cc1. The molecule has 2 aromatic rings. The number of thiophene rings is 1. The van der Waals surface area contributed by atoms with Crippen molar-refractivity contribution >= 4 is 22.9 Å². The largest absolute Gasteiger partial charge is 0.488 e. The fraction of sp³-hybridized carbons (Fsp3) is 0.231. The summed E-state index contributed by atoms with van der Waals surface area (Å²) in [6.07, 6.45) is -0.444. The summed E-state index contributed by atoms with van der Waals surface area (Å²) in [5.74, 6) is 0.791. The van der Waals surface area contributed by atoms with Crippen LogP contribution in [-0.4, -0.2) is 5.11 Å². The summed E-state index contributed by atoms with van der Waals surface area (Å²) in [6.45, 7) is 2.26. The highest BCUT2D eigenvalue weighted by molar-refractivity contribution is 7.16. The smallest absolute Gasteiger partial charge is 0.122 e. The first kappa shape index (κ1) is 12.4. The summed E-state index contributed by atoms with van der Waals surface area (Å²) in [7, 11) is 0. The minimum Gasteiger partial charge on any atom is -0.488 e. The van der Waals surface area contributed by atoms with Crippen molar-refractivity contribution in [2.24, 2.45) is 0 Å². The van der Waals surface area contributed by atoms with Crippen LogP contribution in [0.3, 0.4) is 0 Å². The first-order valence-corrected chi connectivity index (χ1v) is 6.49. The van der Waals surface area contributed by atoms with Crippen LogP contribution in [0.1, 0.15) is 23.5 Å². The normalized spacial score (nSPS) is 12.4. The molecule has 1 heterocycles. The van der Waals surface area contributed by atoms with Gasteiger partial charge in [0, 0.05) is 4.88 Å². The van der Waals surface area contributed by atoms with Crippen LogP contribution in [0.4, 0.5) is 0 Å². The molecule has 0 aliphatic heterocycles. The Balaban J connectivity index is 1.95. The molecule has 1 atom stereocenters. The molecule has 0 bridgehead atoms. The molecule has 2 rings (SSSR count). The second-order valence-electron chi connectivity index (χ2n) is 3.74. The van der Waals surface area contributed by atoms with Gasteiger partial charge in [-0.15, -0.1) is 11.3 Å². The van der Waals surface area contributed by atoms with Crippen molar-refractivity contribution < 1.29 is 9.84 Å². The number of benzene rings is 1. The van der Waals surface area contributed by atoms with Gasteiger partial charge in [0.2, 0.25) is 0 Å². The predicted molar refractivity (Wildman–Crippen MR) is 70.7 cm³/mol. The molecule has 90 valence electrons. The molecule has 1 aromatic heterocycles. The van der Waals surface area contributed by atoms with Crippen molar-refractivity contribution in [2.45, 2.75) is 19.6 Å². The Labute approximate surface area is 109 Å². The van der Waals surface area contributed by atoms with Crippen LogP contribution in [0.25, 0.3) is 0 Å². The lowest BCUT2D eigenvalue weighted by molar-refractivity contribution is 0.199. The van der Waals surface area contributed by atoms with Gasteiger partial charge in [0.25, 0.3) is 0 Å².